The minimum atomic E-state index is -0.0552. The number of guanidine groups is 1. The number of carbonyl (C=O) groups is 1. The van der Waals surface area contributed by atoms with Gasteiger partial charge in [0.2, 0.25) is 0 Å². The third-order valence-corrected chi connectivity index (χ3v) is 5.46. The van der Waals surface area contributed by atoms with E-state index in [1.165, 1.54) is 4.90 Å². The zero-order valence-electron chi connectivity index (χ0n) is 17.7. The summed E-state index contributed by atoms with van der Waals surface area (Å²) < 4.78 is 0. The molecule has 2 rings (SSSR count). The van der Waals surface area contributed by atoms with Gasteiger partial charge in [-0.1, -0.05) is 23.7 Å². The summed E-state index contributed by atoms with van der Waals surface area (Å²) in [5.74, 6) is 1.58. The van der Waals surface area contributed by atoms with Gasteiger partial charge in [0.05, 0.1) is 0 Å². The molecule has 0 aliphatic heterocycles. The fourth-order valence-corrected chi connectivity index (χ4v) is 3.49. The van der Waals surface area contributed by atoms with Gasteiger partial charge in [-0.15, -0.1) is 11.8 Å². The monoisotopic (exact) mass is 447 g/mol. The number of amides is 1. The summed E-state index contributed by atoms with van der Waals surface area (Å²) in [6, 6.07) is 15.5. The zero-order valence-corrected chi connectivity index (χ0v) is 19.3. The van der Waals surface area contributed by atoms with Crippen LogP contribution in [0.3, 0.4) is 0 Å². The molecule has 0 aliphatic rings. The first-order chi connectivity index (χ1) is 14.5. The van der Waals surface area contributed by atoms with Gasteiger partial charge >= 0.3 is 0 Å². The average Bonchev–Trinajstić information content (AvgIpc) is 2.74. The lowest BCUT2D eigenvalue weighted by Crippen LogP contribution is -2.38. The molecule has 0 unspecified atom stereocenters. The quantitative estimate of drug-likeness (QED) is 0.226. The average molecular weight is 448 g/mol. The van der Waals surface area contributed by atoms with Crippen LogP contribution in [0.4, 0.5) is 0 Å². The van der Waals surface area contributed by atoms with Crippen LogP contribution in [0.1, 0.15) is 15.9 Å². The fraction of sp³-hybridized carbons (Fsp3) is 0.364. The highest BCUT2D eigenvalue weighted by atomic mass is 35.5. The van der Waals surface area contributed by atoms with Gasteiger partial charge in [0.25, 0.3) is 5.91 Å². The number of halogens is 1. The number of carbonyl (C=O) groups excluding carboxylic acids is 1. The molecule has 1 amide bonds. The summed E-state index contributed by atoms with van der Waals surface area (Å²) in [5.41, 5.74) is 1.68. The normalized spacial score (nSPS) is 11.4. The van der Waals surface area contributed by atoms with Crippen molar-refractivity contribution in [1.29, 1.82) is 0 Å². The van der Waals surface area contributed by atoms with Crippen LogP contribution in [0.2, 0.25) is 5.02 Å². The first-order valence-corrected chi connectivity index (χ1v) is 11.2. The number of hydrogen-bond donors (Lipinski definition) is 3. The summed E-state index contributed by atoms with van der Waals surface area (Å²) >= 11 is 7.67. The summed E-state index contributed by atoms with van der Waals surface area (Å²) in [6.45, 7) is 2.80. The van der Waals surface area contributed by atoms with E-state index in [1.807, 2.05) is 67.5 Å². The molecule has 0 aliphatic carbocycles. The van der Waals surface area contributed by atoms with Gasteiger partial charge in [-0.05, 0) is 56.1 Å². The van der Waals surface area contributed by atoms with Crippen molar-refractivity contribution in [3.8, 4) is 0 Å². The maximum Gasteiger partial charge on any atom is 0.251 e. The Hall–Kier alpha value is -2.22. The van der Waals surface area contributed by atoms with E-state index >= 15 is 0 Å². The predicted molar refractivity (Wildman–Crippen MR) is 128 cm³/mol. The number of nitrogens with zero attached hydrogens (tertiary/aromatic N) is 2. The van der Waals surface area contributed by atoms with Gasteiger partial charge in [0.1, 0.15) is 0 Å². The van der Waals surface area contributed by atoms with E-state index in [0.717, 1.165) is 35.4 Å². The van der Waals surface area contributed by atoms with E-state index < -0.39 is 0 Å². The maximum atomic E-state index is 12.3. The number of thioether (sulfide) groups is 1. The van der Waals surface area contributed by atoms with E-state index in [2.05, 4.69) is 20.9 Å². The SMILES string of the molecule is CN=C(NCCSc1ccc(Cl)cc1)NCc1cccc(C(=O)NCCN(C)C)c1. The van der Waals surface area contributed by atoms with Crippen molar-refractivity contribution in [2.75, 3.05) is 46.5 Å². The van der Waals surface area contributed by atoms with Crippen LogP contribution in [-0.4, -0.2) is 63.3 Å². The molecule has 2 aromatic rings. The number of aliphatic imine (C=N–C) groups is 1. The topological polar surface area (TPSA) is 68.8 Å². The highest BCUT2D eigenvalue weighted by Gasteiger charge is 2.06. The van der Waals surface area contributed by atoms with Crippen molar-refractivity contribution in [2.45, 2.75) is 11.4 Å². The molecule has 0 bridgehead atoms. The van der Waals surface area contributed by atoms with Gasteiger partial charge < -0.3 is 20.9 Å². The number of hydrogen-bond acceptors (Lipinski definition) is 4. The molecule has 0 atom stereocenters. The third-order valence-electron chi connectivity index (χ3n) is 4.19. The van der Waals surface area contributed by atoms with Crippen molar-refractivity contribution >= 4 is 35.2 Å². The maximum absolute atomic E-state index is 12.3. The lowest BCUT2D eigenvalue weighted by atomic mass is 10.1. The zero-order chi connectivity index (χ0) is 21.8. The van der Waals surface area contributed by atoms with Crippen LogP contribution in [0, 0.1) is 0 Å². The second-order valence-corrected chi connectivity index (χ2v) is 8.52. The Morgan fingerprint density at radius 3 is 2.53 bits per heavy atom. The molecule has 0 saturated heterocycles. The van der Waals surface area contributed by atoms with Crippen LogP contribution in [0.15, 0.2) is 58.4 Å². The standard InChI is InChI=1S/C22H30ClN5OS/c1-24-22(26-12-14-30-20-9-7-19(23)8-10-20)27-16-17-5-4-6-18(15-17)21(29)25-11-13-28(2)3/h4-10,15H,11-14,16H2,1-3H3,(H,25,29)(H2,24,26,27). The highest BCUT2D eigenvalue weighted by molar-refractivity contribution is 7.99. The lowest BCUT2D eigenvalue weighted by Gasteiger charge is -2.13. The highest BCUT2D eigenvalue weighted by Crippen LogP contribution is 2.19. The molecule has 30 heavy (non-hydrogen) atoms. The molecule has 2 aromatic carbocycles. The molecule has 0 heterocycles. The fourth-order valence-electron chi connectivity index (χ4n) is 2.59. The summed E-state index contributed by atoms with van der Waals surface area (Å²) in [5, 5.41) is 10.3. The summed E-state index contributed by atoms with van der Waals surface area (Å²) in [6.07, 6.45) is 0. The molecule has 8 heteroatoms. The number of nitrogens with one attached hydrogen (secondary N) is 3. The van der Waals surface area contributed by atoms with Crippen molar-refractivity contribution < 1.29 is 4.79 Å². The molecule has 162 valence electrons. The third kappa shape index (κ3) is 9.07. The summed E-state index contributed by atoms with van der Waals surface area (Å²) in [4.78, 5) is 19.8. The Kier molecular flexibility index (Phi) is 10.5. The predicted octanol–water partition coefficient (Wildman–Crippen LogP) is 3.09. The smallest absolute Gasteiger partial charge is 0.251 e. The Bertz CT molecular complexity index is 827. The summed E-state index contributed by atoms with van der Waals surface area (Å²) in [7, 11) is 5.71. The van der Waals surface area contributed by atoms with Crippen molar-refractivity contribution in [3.63, 3.8) is 0 Å². The van der Waals surface area contributed by atoms with E-state index in [9.17, 15) is 4.79 Å². The molecule has 0 spiro atoms. The Morgan fingerprint density at radius 1 is 1.07 bits per heavy atom. The first kappa shape index (κ1) is 24.1. The molecule has 6 nitrogen and oxygen atoms in total. The molecular formula is C22H30ClN5OS. The molecule has 3 N–H and O–H groups in total. The van der Waals surface area contributed by atoms with Crippen molar-refractivity contribution in [3.05, 3.63) is 64.7 Å². The molecule has 0 fully saturated rings. The van der Waals surface area contributed by atoms with Crippen LogP contribution < -0.4 is 16.0 Å². The van der Waals surface area contributed by atoms with E-state index in [1.54, 1.807) is 18.8 Å². The number of rotatable bonds is 10. The van der Waals surface area contributed by atoms with Gasteiger partial charge in [-0.3, -0.25) is 9.79 Å². The van der Waals surface area contributed by atoms with E-state index in [-0.39, 0.29) is 5.91 Å². The van der Waals surface area contributed by atoms with E-state index in [0.29, 0.717) is 18.7 Å². The molecule has 0 radical (unpaired) electrons. The Balaban J connectivity index is 1.74. The second-order valence-electron chi connectivity index (χ2n) is 6.91. The van der Waals surface area contributed by atoms with E-state index in [4.69, 9.17) is 11.6 Å². The second kappa shape index (κ2) is 13.2. The minimum Gasteiger partial charge on any atom is -0.356 e. The van der Waals surface area contributed by atoms with Gasteiger partial charge in [-0.2, -0.15) is 0 Å². The molecule has 0 saturated carbocycles. The van der Waals surface area contributed by atoms with Crippen molar-refractivity contribution in [1.82, 2.24) is 20.9 Å². The molecule has 0 aromatic heterocycles. The van der Waals surface area contributed by atoms with Crippen LogP contribution >= 0.6 is 23.4 Å². The number of likely N-dealkylation sites (N-methyl/N-ethyl adjacent to an activating group) is 1. The lowest BCUT2D eigenvalue weighted by molar-refractivity contribution is 0.0951. The van der Waals surface area contributed by atoms with Crippen LogP contribution in [0.5, 0.6) is 0 Å². The first-order valence-electron chi connectivity index (χ1n) is 9.82. The van der Waals surface area contributed by atoms with Gasteiger partial charge in [0.15, 0.2) is 5.96 Å². The van der Waals surface area contributed by atoms with Gasteiger partial charge in [0, 0.05) is 54.5 Å². The largest absolute Gasteiger partial charge is 0.356 e. The Labute approximate surface area is 188 Å². The minimum absolute atomic E-state index is 0.0552. The van der Waals surface area contributed by atoms with Gasteiger partial charge in [-0.25, -0.2) is 0 Å². The number of benzene rings is 2. The Morgan fingerprint density at radius 2 is 1.83 bits per heavy atom. The van der Waals surface area contributed by atoms with Crippen molar-refractivity contribution in [2.24, 2.45) is 4.99 Å². The van der Waals surface area contributed by atoms with Crippen LogP contribution in [0.25, 0.3) is 0 Å². The van der Waals surface area contributed by atoms with Crippen LogP contribution in [-0.2, 0) is 6.54 Å². The molecular weight excluding hydrogens is 418 g/mol.